The molecule has 3 rings (SSSR count). The normalized spacial score (nSPS) is 32.8. The third-order valence-corrected chi connectivity index (χ3v) is 5.26. The molecule has 1 unspecified atom stereocenters. The van der Waals surface area contributed by atoms with E-state index in [2.05, 4.69) is 15.5 Å². The van der Waals surface area contributed by atoms with Gasteiger partial charge in [0.1, 0.15) is 0 Å². The quantitative estimate of drug-likeness (QED) is 0.750. The van der Waals surface area contributed by atoms with Crippen LogP contribution in [0.2, 0.25) is 0 Å². The molecular weight excluding hydrogens is 238 g/mol. The fourth-order valence-corrected chi connectivity index (χ4v) is 4.24. The number of nitrogens with zero attached hydrogens (tertiary/aromatic N) is 1. The molecule has 108 valence electrons. The van der Waals surface area contributed by atoms with Crippen molar-refractivity contribution in [2.45, 2.75) is 62.9 Å². The minimum atomic E-state index is 0.127. The van der Waals surface area contributed by atoms with Gasteiger partial charge in [-0.25, -0.2) is 0 Å². The van der Waals surface area contributed by atoms with E-state index in [1.807, 2.05) is 0 Å². The van der Waals surface area contributed by atoms with Gasteiger partial charge in [0.2, 0.25) is 5.91 Å². The third-order valence-electron chi connectivity index (χ3n) is 5.26. The second-order valence-electron chi connectivity index (χ2n) is 6.46. The van der Waals surface area contributed by atoms with Crippen molar-refractivity contribution in [2.75, 3.05) is 26.2 Å². The molecule has 2 heterocycles. The van der Waals surface area contributed by atoms with Crippen molar-refractivity contribution in [3.05, 3.63) is 0 Å². The summed E-state index contributed by atoms with van der Waals surface area (Å²) in [6.07, 6.45) is 9.93. The molecule has 1 spiro atoms. The first-order valence-corrected chi connectivity index (χ1v) is 8.07. The molecule has 4 nitrogen and oxygen atoms in total. The topological polar surface area (TPSA) is 44.4 Å². The van der Waals surface area contributed by atoms with Crippen molar-refractivity contribution >= 4 is 5.91 Å². The van der Waals surface area contributed by atoms with Gasteiger partial charge in [-0.2, -0.15) is 0 Å². The summed E-state index contributed by atoms with van der Waals surface area (Å²) in [6.45, 7) is 4.02. The summed E-state index contributed by atoms with van der Waals surface area (Å²) in [7, 11) is 0. The van der Waals surface area contributed by atoms with Crippen LogP contribution in [-0.2, 0) is 4.79 Å². The lowest BCUT2D eigenvalue weighted by atomic mass is 9.78. The number of rotatable bonds is 1. The van der Waals surface area contributed by atoms with Gasteiger partial charge in [0.25, 0.3) is 0 Å². The highest BCUT2D eigenvalue weighted by molar-refractivity contribution is 5.82. The van der Waals surface area contributed by atoms with Gasteiger partial charge >= 0.3 is 0 Å². The molecule has 1 aliphatic carbocycles. The Morgan fingerprint density at radius 1 is 1.05 bits per heavy atom. The summed E-state index contributed by atoms with van der Waals surface area (Å²) >= 11 is 0. The van der Waals surface area contributed by atoms with E-state index in [1.165, 1.54) is 38.5 Å². The first-order valence-electron chi connectivity index (χ1n) is 8.07. The number of hydrogen-bond donors (Lipinski definition) is 2. The van der Waals surface area contributed by atoms with Gasteiger partial charge < -0.3 is 10.6 Å². The number of piperazine rings is 1. The molecule has 4 heteroatoms. The van der Waals surface area contributed by atoms with Gasteiger partial charge in [0.15, 0.2) is 0 Å². The van der Waals surface area contributed by atoms with Gasteiger partial charge in [0, 0.05) is 31.7 Å². The summed E-state index contributed by atoms with van der Waals surface area (Å²) in [6, 6.07) is 0.127. The molecule has 3 fully saturated rings. The maximum atomic E-state index is 12.4. The lowest BCUT2D eigenvalue weighted by molar-refractivity contribution is -0.131. The molecule has 0 aromatic carbocycles. The van der Waals surface area contributed by atoms with Crippen LogP contribution in [0, 0.1) is 0 Å². The Hall–Kier alpha value is -0.610. The molecule has 2 aliphatic heterocycles. The molecule has 3 aliphatic rings. The first-order chi connectivity index (χ1) is 9.32. The van der Waals surface area contributed by atoms with E-state index in [0.29, 0.717) is 0 Å². The number of carbonyl (C=O) groups excluding carboxylic acids is 1. The van der Waals surface area contributed by atoms with E-state index < -0.39 is 0 Å². The van der Waals surface area contributed by atoms with Crippen LogP contribution in [-0.4, -0.2) is 48.6 Å². The Labute approximate surface area is 116 Å². The lowest BCUT2D eigenvalue weighted by Crippen LogP contribution is -2.66. The van der Waals surface area contributed by atoms with Crippen molar-refractivity contribution in [3.8, 4) is 0 Å². The number of amides is 1. The Balaban J connectivity index is 1.80. The number of carbonyl (C=O) groups is 1. The predicted octanol–water partition coefficient (Wildman–Crippen LogP) is 1.26. The second kappa shape index (κ2) is 5.80. The molecular formula is C15H27N3O. The molecule has 1 amide bonds. The highest BCUT2D eigenvalue weighted by Gasteiger charge is 2.44. The average Bonchev–Trinajstić information content (AvgIpc) is 2.65. The summed E-state index contributed by atoms with van der Waals surface area (Å²) in [5.41, 5.74) is 0.267. The Morgan fingerprint density at radius 3 is 2.74 bits per heavy atom. The summed E-state index contributed by atoms with van der Waals surface area (Å²) < 4.78 is 0. The fourth-order valence-electron chi connectivity index (χ4n) is 4.24. The van der Waals surface area contributed by atoms with E-state index in [9.17, 15) is 4.79 Å². The predicted molar refractivity (Wildman–Crippen MR) is 76.0 cm³/mol. The summed E-state index contributed by atoms with van der Waals surface area (Å²) in [4.78, 5) is 14.9. The van der Waals surface area contributed by atoms with E-state index in [-0.39, 0.29) is 17.5 Å². The van der Waals surface area contributed by atoms with Crippen molar-refractivity contribution in [2.24, 2.45) is 0 Å². The molecule has 0 bridgehead atoms. The monoisotopic (exact) mass is 265 g/mol. The Bertz CT molecular complexity index is 317. The number of hydrogen-bond acceptors (Lipinski definition) is 3. The van der Waals surface area contributed by atoms with Crippen LogP contribution in [0.4, 0.5) is 0 Å². The Morgan fingerprint density at radius 2 is 1.89 bits per heavy atom. The van der Waals surface area contributed by atoms with E-state index >= 15 is 0 Å². The van der Waals surface area contributed by atoms with Crippen molar-refractivity contribution in [1.29, 1.82) is 0 Å². The number of nitrogens with one attached hydrogen (secondary N) is 2. The standard InChI is InChI=1S/C15H27N3O/c19-14-13(6-2-5-9-17-14)18-11-10-16-12-15(18)7-3-1-4-8-15/h13,16H,1-12H2,(H,17,19). The van der Waals surface area contributed by atoms with E-state index in [1.54, 1.807) is 0 Å². The van der Waals surface area contributed by atoms with Gasteiger partial charge in [0.05, 0.1) is 6.04 Å². The zero-order valence-corrected chi connectivity index (χ0v) is 11.9. The lowest BCUT2D eigenvalue weighted by Gasteiger charge is -2.52. The molecule has 0 aromatic rings. The molecule has 1 saturated carbocycles. The maximum Gasteiger partial charge on any atom is 0.237 e. The van der Waals surface area contributed by atoms with Gasteiger partial charge in [-0.15, -0.1) is 0 Å². The van der Waals surface area contributed by atoms with Crippen LogP contribution in [0.15, 0.2) is 0 Å². The molecule has 2 N–H and O–H groups in total. The molecule has 0 aromatic heterocycles. The van der Waals surface area contributed by atoms with Gasteiger partial charge in [-0.1, -0.05) is 19.3 Å². The van der Waals surface area contributed by atoms with Crippen LogP contribution < -0.4 is 10.6 Å². The smallest absolute Gasteiger partial charge is 0.237 e. The first kappa shape index (κ1) is 13.4. The highest BCUT2D eigenvalue weighted by Crippen LogP contribution is 2.36. The Kier molecular flexibility index (Phi) is 4.08. The average molecular weight is 265 g/mol. The van der Waals surface area contributed by atoms with E-state index in [4.69, 9.17) is 0 Å². The highest BCUT2D eigenvalue weighted by atomic mass is 16.2. The van der Waals surface area contributed by atoms with Crippen LogP contribution in [0.3, 0.4) is 0 Å². The zero-order valence-electron chi connectivity index (χ0n) is 11.9. The summed E-state index contributed by atoms with van der Waals surface area (Å²) in [5, 5.41) is 6.68. The van der Waals surface area contributed by atoms with Crippen molar-refractivity contribution < 1.29 is 4.79 Å². The molecule has 19 heavy (non-hydrogen) atoms. The van der Waals surface area contributed by atoms with Crippen LogP contribution >= 0.6 is 0 Å². The minimum absolute atomic E-state index is 0.127. The van der Waals surface area contributed by atoms with Gasteiger partial charge in [-0.05, 0) is 32.1 Å². The SMILES string of the molecule is O=C1NCCCCC1N1CCNCC12CCCCC2. The molecule has 1 atom stereocenters. The molecule has 2 saturated heterocycles. The van der Waals surface area contributed by atoms with Crippen LogP contribution in [0.5, 0.6) is 0 Å². The molecule has 0 radical (unpaired) electrons. The van der Waals surface area contributed by atoms with Crippen LogP contribution in [0.1, 0.15) is 51.4 Å². The van der Waals surface area contributed by atoms with Crippen molar-refractivity contribution in [3.63, 3.8) is 0 Å². The fraction of sp³-hybridized carbons (Fsp3) is 0.933. The summed E-state index contributed by atoms with van der Waals surface area (Å²) in [5.74, 6) is 0.282. The maximum absolute atomic E-state index is 12.4. The minimum Gasteiger partial charge on any atom is -0.355 e. The van der Waals surface area contributed by atoms with E-state index in [0.717, 1.165) is 39.0 Å². The van der Waals surface area contributed by atoms with Crippen LogP contribution in [0.25, 0.3) is 0 Å². The zero-order chi connectivity index (χ0) is 13.1. The largest absolute Gasteiger partial charge is 0.355 e. The van der Waals surface area contributed by atoms with Gasteiger partial charge in [-0.3, -0.25) is 9.69 Å². The second-order valence-corrected chi connectivity index (χ2v) is 6.46. The van der Waals surface area contributed by atoms with Crippen molar-refractivity contribution in [1.82, 2.24) is 15.5 Å². The third kappa shape index (κ3) is 2.65.